The van der Waals surface area contributed by atoms with Gasteiger partial charge in [-0.2, -0.15) is 22.9 Å². The number of hydrogen-bond acceptors (Lipinski definition) is 5. The van der Waals surface area contributed by atoms with Gasteiger partial charge in [-0.25, -0.2) is 0 Å². The minimum absolute atomic E-state index is 0.771. The maximum Gasteiger partial charge on any atom is 0.119 e. The first-order valence-electron chi connectivity index (χ1n) is 13.8. The van der Waals surface area contributed by atoms with E-state index in [0.717, 1.165) is 54.7 Å². The Morgan fingerprint density at radius 3 is 1.29 bits per heavy atom. The van der Waals surface area contributed by atoms with Crippen molar-refractivity contribution in [1.82, 2.24) is 0 Å². The molecule has 0 fully saturated rings. The fraction of sp³-hybridized carbons (Fsp3) is 0.600. The molecule has 5 heteroatoms. The van der Waals surface area contributed by atoms with Gasteiger partial charge in [0.1, 0.15) is 11.5 Å². The van der Waals surface area contributed by atoms with Crippen LogP contribution in [0.4, 0.5) is 11.4 Å². The predicted octanol–water partition coefficient (Wildman–Crippen LogP) is 10.3. The van der Waals surface area contributed by atoms with Crippen LogP contribution in [0.1, 0.15) is 96.8 Å². The average molecular weight is 499 g/mol. The van der Waals surface area contributed by atoms with Crippen LogP contribution in [0.15, 0.2) is 58.8 Å². The van der Waals surface area contributed by atoms with Crippen molar-refractivity contribution in [2.75, 3.05) is 19.0 Å². The quantitative estimate of drug-likeness (QED) is 0.106. The summed E-state index contributed by atoms with van der Waals surface area (Å²) in [5.41, 5.74) is 1.64. The van der Waals surface area contributed by atoms with Crippen LogP contribution in [-0.4, -0.2) is 19.0 Å². The Kier molecular flexibility index (Phi) is 16.9. The van der Waals surface area contributed by atoms with Crippen LogP contribution in [0.25, 0.3) is 0 Å². The first-order chi connectivity index (χ1) is 17.3. The molecule has 0 spiro atoms. The normalized spacial score (nSPS) is 11.3. The molecule has 35 heavy (non-hydrogen) atoms. The number of azo groups is 1. The summed E-state index contributed by atoms with van der Waals surface area (Å²) in [6.45, 7) is 3.76. The van der Waals surface area contributed by atoms with E-state index in [2.05, 4.69) is 29.8 Å². The summed E-state index contributed by atoms with van der Waals surface area (Å²) in [6.07, 6.45) is 18.0. The van der Waals surface area contributed by atoms with Gasteiger partial charge in [-0.3, -0.25) is 0 Å². The molecule has 0 heterocycles. The highest BCUT2D eigenvalue weighted by atomic mass is 32.1. The van der Waals surface area contributed by atoms with E-state index in [-0.39, 0.29) is 0 Å². The van der Waals surface area contributed by atoms with Gasteiger partial charge in [-0.15, -0.1) is 0 Å². The topological polar surface area (TPSA) is 43.2 Å². The molecule has 194 valence electrons. The highest BCUT2D eigenvalue weighted by Gasteiger charge is 1.98. The van der Waals surface area contributed by atoms with Gasteiger partial charge >= 0.3 is 0 Å². The van der Waals surface area contributed by atoms with E-state index in [1.54, 1.807) is 0 Å². The van der Waals surface area contributed by atoms with Crippen molar-refractivity contribution in [1.29, 1.82) is 0 Å². The molecule has 2 aromatic rings. The van der Waals surface area contributed by atoms with Gasteiger partial charge in [0.05, 0.1) is 24.6 Å². The van der Waals surface area contributed by atoms with Crippen LogP contribution in [-0.2, 0) is 0 Å². The van der Waals surface area contributed by atoms with Crippen LogP contribution < -0.4 is 9.47 Å². The molecule has 0 aliphatic carbocycles. The van der Waals surface area contributed by atoms with E-state index in [0.29, 0.717) is 0 Å². The summed E-state index contributed by atoms with van der Waals surface area (Å²) in [6, 6.07) is 15.6. The Labute approximate surface area is 219 Å². The van der Waals surface area contributed by atoms with Crippen molar-refractivity contribution in [3.05, 3.63) is 48.5 Å². The number of nitrogens with zero attached hydrogens (tertiary/aromatic N) is 2. The van der Waals surface area contributed by atoms with Crippen LogP contribution in [0.2, 0.25) is 0 Å². The summed E-state index contributed by atoms with van der Waals surface area (Å²) < 4.78 is 11.7. The molecule has 0 atom stereocenters. The fourth-order valence-electron chi connectivity index (χ4n) is 3.87. The predicted molar refractivity (Wildman–Crippen MR) is 152 cm³/mol. The van der Waals surface area contributed by atoms with Gasteiger partial charge in [0.2, 0.25) is 0 Å². The van der Waals surface area contributed by atoms with Crippen molar-refractivity contribution in [2.45, 2.75) is 96.8 Å². The lowest BCUT2D eigenvalue weighted by Crippen LogP contribution is -1.96. The molecular formula is C30H46N2O2S. The molecule has 0 saturated heterocycles. The van der Waals surface area contributed by atoms with Crippen LogP contribution in [0, 0.1) is 0 Å². The number of thiol groups is 1. The van der Waals surface area contributed by atoms with Gasteiger partial charge in [0.25, 0.3) is 0 Å². The molecule has 0 amide bonds. The minimum Gasteiger partial charge on any atom is -0.494 e. The SMILES string of the molecule is CCCCCCOc1ccc(N=Nc2ccc(OCCCCCCCCCCCCS)cc2)cc1. The molecule has 4 nitrogen and oxygen atoms in total. The maximum atomic E-state index is 5.88. The van der Waals surface area contributed by atoms with Gasteiger partial charge in [0, 0.05) is 0 Å². The van der Waals surface area contributed by atoms with E-state index in [1.165, 1.54) is 77.0 Å². The van der Waals surface area contributed by atoms with Gasteiger partial charge in [0.15, 0.2) is 0 Å². The number of hydrogen-bond donors (Lipinski definition) is 1. The smallest absolute Gasteiger partial charge is 0.119 e. The van der Waals surface area contributed by atoms with Gasteiger partial charge in [-0.05, 0) is 73.5 Å². The molecule has 0 aromatic heterocycles. The third-order valence-electron chi connectivity index (χ3n) is 6.04. The Hall–Kier alpha value is -2.01. The molecule has 0 aliphatic rings. The average Bonchev–Trinajstić information content (AvgIpc) is 2.89. The summed E-state index contributed by atoms with van der Waals surface area (Å²) in [7, 11) is 0. The second kappa shape index (κ2) is 20.2. The standard InChI is InChI=1S/C30H46N2O2S/c1-2-3-4-13-24-33-29-20-16-27(17-21-29)31-32-28-18-22-30(23-19-28)34-25-14-11-9-7-5-6-8-10-12-15-26-35/h16-23,35H,2-15,24-26H2,1H3. The molecule has 2 rings (SSSR count). The maximum absolute atomic E-state index is 5.88. The van der Waals surface area contributed by atoms with E-state index in [1.807, 2.05) is 48.5 Å². The first kappa shape index (κ1) is 29.2. The highest BCUT2D eigenvalue weighted by Crippen LogP contribution is 2.23. The Morgan fingerprint density at radius 1 is 0.514 bits per heavy atom. The number of benzene rings is 2. The Morgan fingerprint density at radius 2 is 0.886 bits per heavy atom. The van der Waals surface area contributed by atoms with Crippen molar-refractivity contribution < 1.29 is 9.47 Å². The number of rotatable bonds is 21. The lowest BCUT2D eigenvalue weighted by molar-refractivity contribution is 0.304. The number of unbranched alkanes of at least 4 members (excludes halogenated alkanes) is 12. The molecule has 0 bridgehead atoms. The zero-order chi connectivity index (χ0) is 24.8. The third-order valence-corrected chi connectivity index (χ3v) is 6.36. The molecule has 0 aliphatic heterocycles. The molecule has 0 radical (unpaired) electrons. The van der Waals surface area contributed by atoms with Gasteiger partial charge in [-0.1, -0.05) is 77.6 Å². The third kappa shape index (κ3) is 14.9. The van der Waals surface area contributed by atoms with Crippen LogP contribution in [0.5, 0.6) is 11.5 Å². The van der Waals surface area contributed by atoms with Crippen molar-refractivity contribution >= 4 is 24.0 Å². The van der Waals surface area contributed by atoms with Crippen molar-refractivity contribution in [3.8, 4) is 11.5 Å². The summed E-state index contributed by atoms with van der Waals surface area (Å²) in [4.78, 5) is 0. The molecule has 2 aromatic carbocycles. The zero-order valence-electron chi connectivity index (χ0n) is 21.8. The van der Waals surface area contributed by atoms with Crippen LogP contribution in [0.3, 0.4) is 0 Å². The second-order valence-electron chi connectivity index (χ2n) is 9.20. The van der Waals surface area contributed by atoms with Crippen molar-refractivity contribution in [3.63, 3.8) is 0 Å². The monoisotopic (exact) mass is 498 g/mol. The highest BCUT2D eigenvalue weighted by molar-refractivity contribution is 7.80. The largest absolute Gasteiger partial charge is 0.494 e. The first-order valence-corrected chi connectivity index (χ1v) is 14.4. The van der Waals surface area contributed by atoms with E-state index in [9.17, 15) is 0 Å². The lowest BCUT2D eigenvalue weighted by atomic mass is 10.1. The van der Waals surface area contributed by atoms with E-state index < -0.39 is 0 Å². The van der Waals surface area contributed by atoms with Crippen LogP contribution >= 0.6 is 12.6 Å². The molecule has 0 unspecified atom stereocenters. The summed E-state index contributed by atoms with van der Waals surface area (Å²) >= 11 is 4.26. The lowest BCUT2D eigenvalue weighted by Gasteiger charge is -2.06. The van der Waals surface area contributed by atoms with Crippen molar-refractivity contribution in [2.24, 2.45) is 10.2 Å². The fourth-order valence-corrected chi connectivity index (χ4v) is 4.09. The van der Waals surface area contributed by atoms with E-state index >= 15 is 0 Å². The zero-order valence-corrected chi connectivity index (χ0v) is 22.7. The second-order valence-corrected chi connectivity index (χ2v) is 9.65. The summed E-state index contributed by atoms with van der Waals surface area (Å²) in [5, 5.41) is 8.66. The molecule has 0 saturated carbocycles. The minimum atomic E-state index is 0.771. The summed E-state index contributed by atoms with van der Waals surface area (Å²) in [5.74, 6) is 2.81. The number of ether oxygens (including phenoxy) is 2. The van der Waals surface area contributed by atoms with E-state index in [4.69, 9.17) is 9.47 Å². The molecule has 0 N–H and O–H groups in total. The Balaban J connectivity index is 1.54. The molecular weight excluding hydrogens is 452 g/mol. The van der Waals surface area contributed by atoms with Gasteiger partial charge < -0.3 is 9.47 Å². The Bertz CT molecular complexity index is 778.